The Morgan fingerprint density at radius 2 is 2.05 bits per heavy atom. The molecule has 19 heavy (non-hydrogen) atoms. The van der Waals surface area contributed by atoms with E-state index in [-0.39, 0.29) is 6.61 Å². The molecule has 1 rings (SSSR count). The molecule has 4 nitrogen and oxygen atoms in total. The number of nitrogens with zero attached hydrogens (tertiary/aromatic N) is 1. The Kier molecular flexibility index (Phi) is 6.64. The van der Waals surface area contributed by atoms with Crippen molar-refractivity contribution in [3.63, 3.8) is 0 Å². The fraction of sp³-hybridized carbons (Fsp3) is 0.467. The SMILES string of the molecule is CCCC[C@@H](C=O)N(C)C(=O)OCc1ccccc1. The van der Waals surface area contributed by atoms with Gasteiger partial charge >= 0.3 is 6.09 Å². The van der Waals surface area contributed by atoms with Crippen LogP contribution in [0, 0.1) is 0 Å². The van der Waals surface area contributed by atoms with E-state index in [0.29, 0.717) is 6.42 Å². The van der Waals surface area contributed by atoms with Gasteiger partial charge in [-0.25, -0.2) is 4.79 Å². The molecular weight excluding hydrogens is 242 g/mol. The zero-order chi connectivity index (χ0) is 14.1. The minimum absolute atomic E-state index is 0.226. The third-order valence-corrected chi connectivity index (χ3v) is 3.00. The maximum absolute atomic E-state index is 11.8. The quantitative estimate of drug-likeness (QED) is 0.710. The van der Waals surface area contributed by atoms with E-state index in [9.17, 15) is 9.59 Å². The van der Waals surface area contributed by atoms with Crippen molar-refractivity contribution in [3.8, 4) is 0 Å². The number of hydrogen-bond acceptors (Lipinski definition) is 3. The molecule has 1 atom stereocenters. The van der Waals surface area contributed by atoms with Crippen LogP contribution in [-0.4, -0.2) is 30.4 Å². The summed E-state index contributed by atoms with van der Waals surface area (Å²) in [6, 6.07) is 9.07. The number of unbranched alkanes of at least 4 members (excludes halogenated alkanes) is 1. The average Bonchev–Trinajstić information content (AvgIpc) is 2.46. The lowest BCUT2D eigenvalue weighted by Crippen LogP contribution is -2.38. The highest BCUT2D eigenvalue weighted by Gasteiger charge is 2.19. The van der Waals surface area contributed by atoms with Crippen LogP contribution < -0.4 is 0 Å². The monoisotopic (exact) mass is 263 g/mol. The van der Waals surface area contributed by atoms with Gasteiger partial charge in [-0.2, -0.15) is 0 Å². The topological polar surface area (TPSA) is 46.6 Å². The van der Waals surface area contributed by atoms with Gasteiger partial charge in [0.15, 0.2) is 0 Å². The van der Waals surface area contributed by atoms with E-state index >= 15 is 0 Å². The highest BCUT2D eigenvalue weighted by atomic mass is 16.6. The van der Waals surface area contributed by atoms with Crippen molar-refractivity contribution < 1.29 is 14.3 Å². The highest BCUT2D eigenvalue weighted by Crippen LogP contribution is 2.08. The standard InChI is InChI=1S/C15H21NO3/c1-3-4-10-14(11-17)16(2)15(18)19-12-13-8-6-5-7-9-13/h5-9,11,14H,3-4,10,12H2,1-2H3/t14-/m0/s1. The molecule has 0 radical (unpaired) electrons. The number of amides is 1. The van der Waals surface area contributed by atoms with Crippen LogP contribution in [-0.2, 0) is 16.1 Å². The summed E-state index contributed by atoms with van der Waals surface area (Å²) >= 11 is 0. The smallest absolute Gasteiger partial charge is 0.410 e. The minimum Gasteiger partial charge on any atom is -0.445 e. The summed E-state index contributed by atoms with van der Waals surface area (Å²) in [5.74, 6) is 0. The molecular formula is C15H21NO3. The van der Waals surface area contributed by atoms with Crippen LogP contribution in [0.1, 0.15) is 31.7 Å². The zero-order valence-electron chi connectivity index (χ0n) is 11.5. The molecule has 0 fully saturated rings. The van der Waals surface area contributed by atoms with Crippen LogP contribution in [0.2, 0.25) is 0 Å². The lowest BCUT2D eigenvalue weighted by molar-refractivity contribution is -0.112. The van der Waals surface area contributed by atoms with Crippen molar-refractivity contribution in [1.29, 1.82) is 0 Å². The molecule has 1 aromatic carbocycles. The number of likely N-dealkylation sites (N-methyl/N-ethyl adjacent to an activating group) is 1. The summed E-state index contributed by atoms with van der Waals surface area (Å²) in [5.41, 5.74) is 0.931. The van der Waals surface area contributed by atoms with Crippen LogP contribution in [0.5, 0.6) is 0 Å². The Bertz CT molecular complexity index is 392. The van der Waals surface area contributed by atoms with E-state index in [1.54, 1.807) is 7.05 Å². The van der Waals surface area contributed by atoms with Gasteiger partial charge in [0.25, 0.3) is 0 Å². The predicted molar refractivity (Wildman–Crippen MR) is 73.8 cm³/mol. The van der Waals surface area contributed by atoms with Crippen molar-refractivity contribution in [3.05, 3.63) is 35.9 Å². The van der Waals surface area contributed by atoms with Gasteiger partial charge in [0.2, 0.25) is 0 Å². The van der Waals surface area contributed by atoms with Crippen molar-refractivity contribution in [1.82, 2.24) is 4.90 Å². The van der Waals surface area contributed by atoms with E-state index in [4.69, 9.17) is 4.74 Å². The Labute approximate surface area is 114 Å². The highest BCUT2D eigenvalue weighted by molar-refractivity contribution is 5.73. The van der Waals surface area contributed by atoms with Gasteiger partial charge in [-0.05, 0) is 12.0 Å². The first-order chi connectivity index (χ1) is 9.19. The van der Waals surface area contributed by atoms with Crippen LogP contribution in [0.25, 0.3) is 0 Å². The fourth-order valence-electron chi connectivity index (χ4n) is 1.72. The average molecular weight is 263 g/mol. The molecule has 0 heterocycles. The molecule has 1 amide bonds. The van der Waals surface area contributed by atoms with Crippen molar-refractivity contribution in [2.75, 3.05) is 7.05 Å². The second-order valence-corrected chi connectivity index (χ2v) is 4.50. The molecule has 1 aromatic rings. The molecule has 0 spiro atoms. The second-order valence-electron chi connectivity index (χ2n) is 4.50. The second kappa shape index (κ2) is 8.29. The zero-order valence-corrected chi connectivity index (χ0v) is 11.5. The first kappa shape index (κ1) is 15.2. The third kappa shape index (κ3) is 5.12. The molecule has 0 N–H and O–H groups in total. The van der Waals surface area contributed by atoms with Crippen molar-refractivity contribution in [2.24, 2.45) is 0 Å². The van der Waals surface area contributed by atoms with Gasteiger partial charge in [0, 0.05) is 7.05 Å². The summed E-state index contributed by atoms with van der Waals surface area (Å²) in [6.07, 6.45) is 2.94. The molecule has 0 unspecified atom stereocenters. The molecule has 104 valence electrons. The van der Waals surface area contributed by atoms with Gasteiger partial charge in [-0.15, -0.1) is 0 Å². The van der Waals surface area contributed by atoms with E-state index in [0.717, 1.165) is 24.7 Å². The van der Waals surface area contributed by atoms with Crippen molar-refractivity contribution in [2.45, 2.75) is 38.8 Å². The Morgan fingerprint density at radius 1 is 1.37 bits per heavy atom. The third-order valence-electron chi connectivity index (χ3n) is 3.00. The minimum atomic E-state index is -0.461. The first-order valence-corrected chi connectivity index (χ1v) is 6.57. The van der Waals surface area contributed by atoms with E-state index < -0.39 is 12.1 Å². The number of benzene rings is 1. The van der Waals surface area contributed by atoms with Gasteiger partial charge in [-0.3, -0.25) is 0 Å². The number of carbonyl (C=O) groups excluding carboxylic acids is 2. The number of aldehydes is 1. The largest absolute Gasteiger partial charge is 0.445 e. The summed E-state index contributed by atoms with van der Waals surface area (Å²) in [6.45, 7) is 2.28. The van der Waals surface area contributed by atoms with Crippen molar-refractivity contribution >= 4 is 12.4 Å². The lowest BCUT2D eigenvalue weighted by Gasteiger charge is -2.23. The molecule has 0 aliphatic heterocycles. The summed E-state index contributed by atoms with van der Waals surface area (Å²) in [7, 11) is 1.60. The fourth-order valence-corrected chi connectivity index (χ4v) is 1.72. The van der Waals surface area contributed by atoms with Crippen LogP contribution in [0.15, 0.2) is 30.3 Å². The predicted octanol–water partition coefficient (Wildman–Crippen LogP) is 3.01. The Hall–Kier alpha value is -1.84. The van der Waals surface area contributed by atoms with Gasteiger partial charge in [0.1, 0.15) is 12.9 Å². The number of carbonyl (C=O) groups is 2. The maximum Gasteiger partial charge on any atom is 0.410 e. The van der Waals surface area contributed by atoms with Crippen LogP contribution >= 0.6 is 0 Å². The molecule has 4 heteroatoms. The summed E-state index contributed by atoms with van der Waals surface area (Å²) in [4.78, 5) is 24.2. The molecule has 0 bridgehead atoms. The maximum atomic E-state index is 11.8. The van der Waals surface area contributed by atoms with E-state index in [1.165, 1.54) is 4.90 Å². The van der Waals surface area contributed by atoms with Gasteiger partial charge in [-0.1, -0.05) is 50.1 Å². The summed E-state index contributed by atoms with van der Waals surface area (Å²) < 4.78 is 5.18. The van der Waals surface area contributed by atoms with E-state index in [2.05, 4.69) is 6.92 Å². The Balaban J connectivity index is 2.45. The molecule has 0 aliphatic carbocycles. The van der Waals surface area contributed by atoms with Crippen LogP contribution in [0.4, 0.5) is 4.79 Å². The first-order valence-electron chi connectivity index (χ1n) is 6.57. The molecule has 0 aromatic heterocycles. The molecule has 0 saturated heterocycles. The number of rotatable bonds is 7. The summed E-state index contributed by atoms with van der Waals surface area (Å²) in [5, 5.41) is 0. The Morgan fingerprint density at radius 3 is 2.63 bits per heavy atom. The van der Waals surface area contributed by atoms with E-state index in [1.807, 2.05) is 30.3 Å². The number of hydrogen-bond donors (Lipinski definition) is 0. The van der Waals surface area contributed by atoms with Gasteiger partial charge < -0.3 is 14.4 Å². The normalized spacial score (nSPS) is 11.7. The lowest BCUT2D eigenvalue weighted by atomic mass is 10.1. The number of ether oxygens (including phenoxy) is 1. The molecule has 0 aliphatic rings. The molecule has 0 saturated carbocycles. The van der Waals surface area contributed by atoms with Crippen LogP contribution in [0.3, 0.4) is 0 Å². The van der Waals surface area contributed by atoms with Gasteiger partial charge in [0.05, 0.1) is 6.04 Å².